The molecule has 0 spiro atoms. The number of aliphatic hydroxyl groups excluding tert-OH is 2. The summed E-state index contributed by atoms with van der Waals surface area (Å²) in [7, 11) is 0. The van der Waals surface area contributed by atoms with Gasteiger partial charge < -0.3 is 44.3 Å². The summed E-state index contributed by atoms with van der Waals surface area (Å²) in [6.45, 7) is 12.4. The Hall–Kier alpha value is -3.90. The minimum Gasteiger partial charge on any atom is -0.456 e. The lowest BCUT2D eigenvalue weighted by atomic mass is 9.45. The molecule has 3 aliphatic carbocycles. The number of esters is 3. The lowest BCUT2D eigenvalue weighted by Crippen LogP contribution is -2.81. The van der Waals surface area contributed by atoms with E-state index < -0.39 is 110 Å². The van der Waals surface area contributed by atoms with E-state index in [1.807, 2.05) is 0 Å². The Kier molecular flexibility index (Phi) is 11.8. The van der Waals surface area contributed by atoms with Gasteiger partial charge in [0.15, 0.2) is 17.5 Å². The highest BCUT2D eigenvalue weighted by atomic mass is 127. The van der Waals surface area contributed by atoms with Crippen molar-refractivity contribution in [1.82, 2.24) is 5.32 Å². The van der Waals surface area contributed by atoms with E-state index in [1.54, 1.807) is 97.0 Å². The number of aliphatic hydroxyl groups is 3. The molecular formula is C43H52INO13. The predicted octanol–water partition coefficient (Wildman–Crippen LogP) is 4.70. The quantitative estimate of drug-likeness (QED) is 0.0934. The van der Waals surface area contributed by atoms with Gasteiger partial charge >= 0.3 is 24.0 Å². The Morgan fingerprint density at radius 2 is 1.59 bits per heavy atom. The molecule has 314 valence electrons. The van der Waals surface area contributed by atoms with Gasteiger partial charge in [0.2, 0.25) is 0 Å². The molecule has 2 bridgehead atoms. The monoisotopic (exact) mass is 917 g/mol. The number of ether oxygens (including phenoxy) is 5. The maximum atomic E-state index is 15.1. The van der Waals surface area contributed by atoms with Crippen molar-refractivity contribution in [2.24, 2.45) is 16.7 Å². The largest absolute Gasteiger partial charge is 0.456 e. The van der Waals surface area contributed by atoms with E-state index in [1.165, 1.54) is 19.1 Å². The fourth-order valence-electron chi connectivity index (χ4n) is 9.52. The molecule has 4 aliphatic rings. The predicted molar refractivity (Wildman–Crippen MR) is 215 cm³/mol. The van der Waals surface area contributed by atoms with Crippen LogP contribution in [-0.2, 0) is 38.1 Å². The molecule has 4 N–H and O–H groups in total. The molecule has 11 atom stereocenters. The third-order valence-corrected chi connectivity index (χ3v) is 14.3. The number of amides is 1. The first kappa shape index (κ1) is 43.7. The fraction of sp³-hybridized carbons (Fsp3) is 0.558. The minimum absolute atomic E-state index is 0.0441. The molecule has 3 fully saturated rings. The standard InChI is InChI=1S/C43H52INO13/c1-22-26(55-37(51)32(48)30(24-15-11-9-12-16-24)45-38(52)58-39(3,4)5)20-43(53)35(56-36(50)25-17-13-10-14-18-25)33-41(8,34(49)31(47)29(22)40(43,6)7)27(44)19-28-42(33,21-54-28)57-23(2)46/h9-18,26-28,30-33,35,47-48,53H,19-21H2,1-8H3,(H,45,52)/t26-,27+,28+,30-,31+,32+,33-,35-,41+,42-,43+/m0/s1. The van der Waals surface area contributed by atoms with Crippen LogP contribution in [0.25, 0.3) is 0 Å². The topological polar surface area (TPSA) is 204 Å². The highest BCUT2D eigenvalue weighted by Gasteiger charge is 2.77. The van der Waals surface area contributed by atoms with E-state index in [9.17, 15) is 34.5 Å². The first-order valence-corrected chi connectivity index (χ1v) is 20.5. The number of Topliss-reactive ketones (excluding diaryl/α,β-unsaturated/α-hetero) is 1. The van der Waals surface area contributed by atoms with Crippen LogP contribution in [0.2, 0.25) is 0 Å². The summed E-state index contributed by atoms with van der Waals surface area (Å²) >= 11 is 2.11. The zero-order valence-corrected chi connectivity index (χ0v) is 36.0. The number of halogens is 1. The average molecular weight is 918 g/mol. The number of carbonyl (C=O) groups is 5. The number of alkyl halides is 1. The Morgan fingerprint density at radius 3 is 2.14 bits per heavy atom. The Labute approximate surface area is 351 Å². The van der Waals surface area contributed by atoms with Gasteiger partial charge in [-0.15, -0.1) is 0 Å². The van der Waals surface area contributed by atoms with Gasteiger partial charge in [-0.3, -0.25) is 9.59 Å². The second kappa shape index (κ2) is 15.6. The summed E-state index contributed by atoms with van der Waals surface area (Å²) in [5.41, 5.74) is -7.08. The number of fused-ring (bicyclic) bond motifs is 5. The number of nitrogens with one attached hydrogen (secondary N) is 1. The van der Waals surface area contributed by atoms with Crippen LogP contribution < -0.4 is 5.32 Å². The van der Waals surface area contributed by atoms with E-state index in [-0.39, 0.29) is 29.7 Å². The Bertz CT molecular complexity index is 1980. The van der Waals surface area contributed by atoms with Crippen LogP contribution in [0.3, 0.4) is 0 Å². The molecule has 0 radical (unpaired) electrons. The molecule has 2 saturated carbocycles. The first-order valence-electron chi connectivity index (χ1n) is 19.3. The summed E-state index contributed by atoms with van der Waals surface area (Å²) in [6, 6.07) is 14.9. The van der Waals surface area contributed by atoms with Gasteiger partial charge in [0, 0.05) is 22.7 Å². The van der Waals surface area contributed by atoms with Crippen molar-refractivity contribution in [3.8, 4) is 0 Å². The summed E-state index contributed by atoms with van der Waals surface area (Å²) < 4.78 is 29.4. The molecule has 1 saturated heterocycles. The van der Waals surface area contributed by atoms with Gasteiger partial charge in [0.1, 0.15) is 35.6 Å². The molecule has 15 heteroatoms. The van der Waals surface area contributed by atoms with Gasteiger partial charge in [0.05, 0.1) is 29.5 Å². The molecule has 58 heavy (non-hydrogen) atoms. The maximum Gasteiger partial charge on any atom is 0.408 e. The summed E-state index contributed by atoms with van der Waals surface area (Å²) in [5, 5.41) is 40.0. The molecule has 1 amide bonds. The van der Waals surface area contributed by atoms with Gasteiger partial charge in [0.25, 0.3) is 0 Å². The van der Waals surface area contributed by atoms with Crippen molar-refractivity contribution in [3.63, 3.8) is 0 Å². The van der Waals surface area contributed by atoms with E-state index in [0.717, 1.165) is 0 Å². The zero-order chi connectivity index (χ0) is 42.7. The Balaban J connectivity index is 1.49. The number of benzene rings is 2. The summed E-state index contributed by atoms with van der Waals surface area (Å²) in [4.78, 5) is 69.2. The van der Waals surface area contributed by atoms with E-state index in [4.69, 9.17) is 23.7 Å². The number of ketones is 1. The number of alkyl carbamates (subject to hydrolysis) is 1. The van der Waals surface area contributed by atoms with Crippen molar-refractivity contribution < 1.29 is 63.0 Å². The highest BCUT2D eigenvalue weighted by molar-refractivity contribution is 14.1. The SMILES string of the molecule is CC(=O)O[C@@]12CO[C@@H]1C[C@@H](I)[C@@]1(C)C(=O)[C@H](O)C3=C(C)[C@@H](OC(=O)[C@H](O)[C@@H](NC(=O)OC(C)(C)C)c4ccccc4)C[C@@](O)([C@@H](OC(=O)c4ccccc4)[C@H]21)C3(C)C. The zero-order valence-electron chi connectivity index (χ0n) is 33.8. The number of carbonyl (C=O) groups excluding carboxylic acids is 5. The molecule has 0 unspecified atom stereocenters. The van der Waals surface area contributed by atoms with Crippen molar-refractivity contribution in [2.75, 3.05) is 6.61 Å². The fourth-order valence-corrected chi connectivity index (χ4v) is 10.7. The molecule has 2 aromatic rings. The molecule has 2 aromatic carbocycles. The highest BCUT2D eigenvalue weighted by Crippen LogP contribution is 2.65. The van der Waals surface area contributed by atoms with E-state index >= 15 is 4.79 Å². The van der Waals surface area contributed by atoms with Crippen molar-refractivity contribution in [2.45, 2.75) is 126 Å². The van der Waals surface area contributed by atoms with E-state index in [0.29, 0.717) is 5.56 Å². The average Bonchev–Trinajstić information content (AvgIpc) is 3.14. The van der Waals surface area contributed by atoms with Crippen LogP contribution in [0, 0.1) is 16.7 Å². The normalized spacial score (nSPS) is 33.7. The van der Waals surface area contributed by atoms with Crippen LogP contribution in [0.4, 0.5) is 4.79 Å². The second-order valence-corrected chi connectivity index (χ2v) is 19.0. The van der Waals surface area contributed by atoms with Crippen molar-refractivity contribution in [3.05, 3.63) is 82.9 Å². The van der Waals surface area contributed by atoms with E-state index in [2.05, 4.69) is 27.9 Å². The van der Waals surface area contributed by atoms with Gasteiger partial charge in [-0.2, -0.15) is 0 Å². The van der Waals surface area contributed by atoms with Crippen LogP contribution in [0.15, 0.2) is 71.8 Å². The number of hydrogen-bond donors (Lipinski definition) is 4. The minimum atomic E-state index is -2.25. The Morgan fingerprint density at radius 1 is 0.983 bits per heavy atom. The molecule has 1 aliphatic heterocycles. The van der Waals surface area contributed by atoms with Gasteiger partial charge in [-0.1, -0.05) is 91.9 Å². The maximum absolute atomic E-state index is 15.1. The molecule has 1 heterocycles. The second-order valence-electron chi connectivity index (χ2n) is 17.5. The van der Waals surface area contributed by atoms with Crippen molar-refractivity contribution in [1.29, 1.82) is 0 Å². The van der Waals surface area contributed by atoms with Crippen molar-refractivity contribution >= 4 is 52.4 Å². The summed E-state index contributed by atoms with van der Waals surface area (Å²) in [5.74, 6) is -4.68. The molecule has 0 aromatic heterocycles. The smallest absolute Gasteiger partial charge is 0.408 e. The molecule has 14 nitrogen and oxygen atoms in total. The van der Waals surface area contributed by atoms with Crippen LogP contribution in [0.1, 0.15) is 90.2 Å². The molecule has 6 rings (SSSR count). The van der Waals surface area contributed by atoms with Gasteiger partial charge in [-0.25, -0.2) is 14.4 Å². The third kappa shape index (κ3) is 7.34. The number of hydrogen-bond acceptors (Lipinski definition) is 13. The van der Waals surface area contributed by atoms with Crippen LogP contribution in [-0.4, -0.2) is 103 Å². The first-order chi connectivity index (χ1) is 27.0. The lowest BCUT2D eigenvalue weighted by molar-refractivity contribution is -0.330. The molecular weight excluding hydrogens is 865 g/mol. The lowest BCUT2D eigenvalue weighted by Gasteiger charge is -2.67. The third-order valence-electron chi connectivity index (χ3n) is 12.5. The van der Waals surface area contributed by atoms with Crippen LogP contribution >= 0.6 is 22.6 Å². The number of rotatable bonds is 8. The summed E-state index contributed by atoms with van der Waals surface area (Å²) in [6.07, 6.45) is -8.77. The van der Waals surface area contributed by atoms with Crippen LogP contribution in [0.5, 0.6) is 0 Å². The van der Waals surface area contributed by atoms with Gasteiger partial charge in [-0.05, 0) is 63.0 Å².